The van der Waals surface area contributed by atoms with Crippen molar-refractivity contribution in [1.29, 1.82) is 0 Å². The summed E-state index contributed by atoms with van der Waals surface area (Å²) in [7, 11) is 0. The van der Waals surface area contributed by atoms with Gasteiger partial charge >= 0.3 is 5.97 Å². The van der Waals surface area contributed by atoms with Gasteiger partial charge in [0.25, 0.3) is 0 Å². The van der Waals surface area contributed by atoms with Gasteiger partial charge in [-0.2, -0.15) is 0 Å². The fourth-order valence-electron chi connectivity index (χ4n) is 1.22. The Balaban J connectivity index is 0.00000256. The Labute approximate surface area is 107 Å². The first-order valence-corrected chi connectivity index (χ1v) is 5.39. The number of nitrogens with one attached hydrogen (secondary N) is 1. The van der Waals surface area contributed by atoms with Gasteiger partial charge in [-0.1, -0.05) is 18.2 Å². The van der Waals surface area contributed by atoms with E-state index in [4.69, 9.17) is 9.84 Å². The molecule has 2 N–H and O–H groups in total. The van der Waals surface area contributed by atoms with Crippen LogP contribution in [-0.2, 0) is 4.79 Å². The highest BCUT2D eigenvalue weighted by Crippen LogP contribution is 2.07. The normalized spacial score (nSPS) is 9.41. The molecule has 1 aromatic rings. The number of hydrogen-bond donors (Lipinski definition) is 2. The Morgan fingerprint density at radius 3 is 2.59 bits per heavy atom. The van der Waals surface area contributed by atoms with Crippen molar-refractivity contribution in [3.8, 4) is 5.75 Å². The molecule has 0 saturated heterocycles. The largest absolute Gasteiger partial charge is 0.494 e. The highest BCUT2D eigenvalue weighted by Gasteiger charge is 1.95. The SMILES string of the molecule is Cl.O=C(O)CCNCCCOc1ccccc1. The maximum absolute atomic E-state index is 10.2. The summed E-state index contributed by atoms with van der Waals surface area (Å²) in [5.74, 6) is 0.0982. The maximum Gasteiger partial charge on any atom is 0.304 e. The van der Waals surface area contributed by atoms with Crippen LogP contribution in [0.1, 0.15) is 12.8 Å². The highest BCUT2D eigenvalue weighted by molar-refractivity contribution is 5.85. The van der Waals surface area contributed by atoms with E-state index in [1.807, 2.05) is 30.3 Å². The Bertz CT molecular complexity index is 306. The zero-order valence-electron chi connectivity index (χ0n) is 9.59. The molecule has 0 radical (unpaired) electrons. The number of hydrogen-bond acceptors (Lipinski definition) is 3. The summed E-state index contributed by atoms with van der Waals surface area (Å²) in [6.45, 7) is 1.94. The quantitative estimate of drug-likeness (QED) is 0.701. The summed E-state index contributed by atoms with van der Waals surface area (Å²) in [5.41, 5.74) is 0. The van der Waals surface area contributed by atoms with Crippen molar-refractivity contribution >= 4 is 18.4 Å². The second-order valence-electron chi connectivity index (χ2n) is 3.41. The number of carboxylic acids is 1. The first-order chi connectivity index (χ1) is 7.79. The molecule has 0 atom stereocenters. The minimum atomic E-state index is -0.770. The van der Waals surface area contributed by atoms with Crippen LogP contribution < -0.4 is 10.1 Å². The van der Waals surface area contributed by atoms with Crippen molar-refractivity contribution < 1.29 is 14.6 Å². The van der Waals surface area contributed by atoms with E-state index in [-0.39, 0.29) is 18.8 Å². The number of benzene rings is 1. The van der Waals surface area contributed by atoms with Gasteiger partial charge in [0.15, 0.2) is 0 Å². The Morgan fingerprint density at radius 2 is 1.94 bits per heavy atom. The van der Waals surface area contributed by atoms with E-state index >= 15 is 0 Å². The molecule has 0 aliphatic rings. The molecular weight excluding hydrogens is 242 g/mol. The summed E-state index contributed by atoms with van der Waals surface area (Å²) >= 11 is 0. The molecule has 0 aromatic heterocycles. The minimum Gasteiger partial charge on any atom is -0.494 e. The summed E-state index contributed by atoms with van der Waals surface area (Å²) in [6.07, 6.45) is 1.04. The van der Waals surface area contributed by atoms with Crippen molar-refractivity contribution in [2.75, 3.05) is 19.7 Å². The van der Waals surface area contributed by atoms with Gasteiger partial charge in [0, 0.05) is 6.54 Å². The molecule has 0 heterocycles. The summed E-state index contributed by atoms with van der Waals surface area (Å²) < 4.78 is 5.48. The van der Waals surface area contributed by atoms with Gasteiger partial charge < -0.3 is 15.2 Å². The fraction of sp³-hybridized carbons (Fsp3) is 0.417. The van der Waals surface area contributed by atoms with Crippen LogP contribution >= 0.6 is 12.4 Å². The third-order valence-corrected chi connectivity index (χ3v) is 2.03. The summed E-state index contributed by atoms with van der Waals surface area (Å²) in [4.78, 5) is 10.2. The Kier molecular flexibility index (Phi) is 9.19. The van der Waals surface area contributed by atoms with E-state index in [2.05, 4.69) is 5.32 Å². The standard InChI is InChI=1S/C12H17NO3.ClH/c14-12(15)7-9-13-8-4-10-16-11-5-2-1-3-6-11;/h1-3,5-6,13H,4,7-10H2,(H,14,15);1H. The zero-order valence-corrected chi connectivity index (χ0v) is 10.4. The van der Waals surface area contributed by atoms with Crippen LogP contribution in [-0.4, -0.2) is 30.8 Å². The lowest BCUT2D eigenvalue weighted by atomic mass is 10.3. The fourth-order valence-corrected chi connectivity index (χ4v) is 1.22. The van der Waals surface area contributed by atoms with Gasteiger partial charge in [-0.15, -0.1) is 12.4 Å². The van der Waals surface area contributed by atoms with Crippen LogP contribution in [0.5, 0.6) is 5.75 Å². The monoisotopic (exact) mass is 259 g/mol. The molecule has 0 amide bonds. The van der Waals surface area contributed by atoms with Gasteiger partial charge in [-0.25, -0.2) is 0 Å². The smallest absolute Gasteiger partial charge is 0.304 e. The van der Waals surface area contributed by atoms with Crippen molar-refractivity contribution in [2.24, 2.45) is 0 Å². The number of ether oxygens (including phenoxy) is 1. The second kappa shape index (κ2) is 9.93. The van der Waals surface area contributed by atoms with E-state index in [1.165, 1.54) is 0 Å². The van der Waals surface area contributed by atoms with E-state index in [9.17, 15) is 4.79 Å². The second-order valence-corrected chi connectivity index (χ2v) is 3.41. The third-order valence-electron chi connectivity index (χ3n) is 2.03. The molecule has 96 valence electrons. The van der Waals surface area contributed by atoms with Gasteiger partial charge in [-0.3, -0.25) is 4.79 Å². The van der Waals surface area contributed by atoms with E-state index in [0.29, 0.717) is 13.2 Å². The molecule has 0 saturated carbocycles. The molecule has 17 heavy (non-hydrogen) atoms. The Hall–Kier alpha value is -1.26. The number of para-hydroxylation sites is 1. The van der Waals surface area contributed by atoms with Crippen molar-refractivity contribution in [2.45, 2.75) is 12.8 Å². The van der Waals surface area contributed by atoms with Crippen molar-refractivity contribution in [3.63, 3.8) is 0 Å². The Morgan fingerprint density at radius 1 is 1.24 bits per heavy atom. The molecule has 5 heteroatoms. The molecule has 1 aromatic carbocycles. The molecule has 0 unspecified atom stereocenters. The first kappa shape index (κ1) is 15.7. The van der Waals surface area contributed by atoms with Gasteiger partial charge in [-0.05, 0) is 25.1 Å². The van der Waals surface area contributed by atoms with Crippen LogP contribution in [0.2, 0.25) is 0 Å². The number of carboxylic acid groups (broad SMARTS) is 1. The van der Waals surface area contributed by atoms with Gasteiger partial charge in [0.1, 0.15) is 5.75 Å². The highest BCUT2D eigenvalue weighted by atomic mass is 35.5. The van der Waals surface area contributed by atoms with Crippen LogP contribution in [0.15, 0.2) is 30.3 Å². The van der Waals surface area contributed by atoms with Crippen LogP contribution in [0.4, 0.5) is 0 Å². The van der Waals surface area contributed by atoms with Gasteiger partial charge in [0.2, 0.25) is 0 Å². The molecular formula is C12H18ClNO3. The molecule has 0 aliphatic heterocycles. The van der Waals surface area contributed by atoms with Crippen LogP contribution in [0.25, 0.3) is 0 Å². The third kappa shape index (κ3) is 8.54. The minimum absolute atomic E-state index is 0. The lowest BCUT2D eigenvalue weighted by Crippen LogP contribution is -2.20. The lowest BCUT2D eigenvalue weighted by Gasteiger charge is -2.06. The lowest BCUT2D eigenvalue weighted by molar-refractivity contribution is -0.136. The number of aliphatic carboxylic acids is 1. The van der Waals surface area contributed by atoms with E-state index in [1.54, 1.807) is 0 Å². The average Bonchev–Trinajstić information content (AvgIpc) is 2.29. The summed E-state index contributed by atoms with van der Waals surface area (Å²) in [6, 6.07) is 9.64. The van der Waals surface area contributed by atoms with Crippen LogP contribution in [0, 0.1) is 0 Å². The van der Waals surface area contributed by atoms with Crippen molar-refractivity contribution in [1.82, 2.24) is 5.32 Å². The average molecular weight is 260 g/mol. The predicted molar refractivity (Wildman–Crippen MR) is 68.9 cm³/mol. The summed E-state index contributed by atoms with van der Waals surface area (Å²) in [5, 5.41) is 11.4. The van der Waals surface area contributed by atoms with E-state index in [0.717, 1.165) is 18.7 Å². The number of halogens is 1. The zero-order chi connectivity index (χ0) is 11.6. The molecule has 4 nitrogen and oxygen atoms in total. The molecule has 0 fully saturated rings. The molecule has 0 aliphatic carbocycles. The maximum atomic E-state index is 10.2. The van der Waals surface area contributed by atoms with Crippen LogP contribution in [0.3, 0.4) is 0 Å². The van der Waals surface area contributed by atoms with Gasteiger partial charge in [0.05, 0.1) is 13.0 Å². The molecule has 0 bridgehead atoms. The van der Waals surface area contributed by atoms with Crippen molar-refractivity contribution in [3.05, 3.63) is 30.3 Å². The molecule has 1 rings (SSSR count). The first-order valence-electron chi connectivity index (χ1n) is 5.39. The number of carbonyl (C=O) groups is 1. The predicted octanol–water partition coefficient (Wildman–Crippen LogP) is 1.94. The topological polar surface area (TPSA) is 58.6 Å². The van der Waals surface area contributed by atoms with E-state index < -0.39 is 5.97 Å². The molecule has 0 spiro atoms. The number of rotatable bonds is 8.